The van der Waals surface area contributed by atoms with Crippen molar-refractivity contribution in [2.45, 2.75) is 38.2 Å². The number of rotatable bonds is 8. The number of carboxylic acid groups (broad SMARTS) is 1. The molecule has 182 valence electrons. The Labute approximate surface area is 215 Å². The number of aliphatic carboxylic acids is 1. The van der Waals surface area contributed by atoms with Crippen molar-refractivity contribution in [2.75, 3.05) is 13.1 Å². The number of carbonyl (C=O) groups is 2. The zero-order valence-corrected chi connectivity index (χ0v) is 21.0. The number of carbonyl (C=O) groups excluding carboxylic acids is 1. The second-order valence-corrected chi connectivity index (χ2v) is 10.0. The predicted molar refractivity (Wildman–Crippen MR) is 138 cm³/mol. The van der Waals surface area contributed by atoms with Crippen molar-refractivity contribution >= 4 is 35.1 Å². The molecule has 0 aromatic heterocycles. The van der Waals surface area contributed by atoms with Gasteiger partial charge < -0.3 is 14.7 Å². The summed E-state index contributed by atoms with van der Waals surface area (Å²) in [5.41, 5.74) is 3.19. The molecule has 0 unspecified atom stereocenters. The molecule has 0 fully saturated rings. The van der Waals surface area contributed by atoms with Crippen LogP contribution in [0.25, 0.3) is 0 Å². The van der Waals surface area contributed by atoms with E-state index in [4.69, 9.17) is 27.9 Å². The summed E-state index contributed by atoms with van der Waals surface area (Å²) in [7, 11) is 0. The fourth-order valence-electron chi connectivity index (χ4n) is 4.39. The zero-order valence-electron chi connectivity index (χ0n) is 19.5. The molecule has 4 rings (SSSR count). The van der Waals surface area contributed by atoms with Crippen molar-refractivity contribution < 1.29 is 19.4 Å². The SMILES string of the molecule is C[C@]1(Cc2ccc(Cl)cc2)CCc2cc(C(=O)N(CCc3ccc(Cl)cc3)CC(=O)O)ccc2O1. The predicted octanol–water partition coefficient (Wildman–Crippen LogP) is 6.09. The summed E-state index contributed by atoms with van der Waals surface area (Å²) in [6, 6.07) is 20.5. The van der Waals surface area contributed by atoms with Crippen LogP contribution in [0.4, 0.5) is 0 Å². The molecule has 1 atom stereocenters. The molecule has 1 amide bonds. The number of fused-ring (bicyclic) bond motifs is 1. The lowest BCUT2D eigenvalue weighted by Gasteiger charge is -2.36. The Bertz CT molecular complexity index is 1210. The van der Waals surface area contributed by atoms with E-state index in [-0.39, 0.29) is 18.1 Å². The first kappa shape index (κ1) is 25.1. The maximum atomic E-state index is 13.2. The topological polar surface area (TPSA) is 66.8 Å². The van der Waals surface area contributed by atoms with Gasteiger partial charge in [-0.25, -0.2) is 0 Å². The summed E-state index contributed by atoms with van der Waals surface area (Å²) < 4.78 is 6.37. The largest absolute Gasteiger partial charge is 0.487 e. The van der Waals surface area contributed by atoms with Crippen LogP contribution in [0.2, 0.25) is 10.0 Å². The highest BCUT2D eigenvalue weighted by Crippen LogP contribution is 2.36. The molecule has 35 heavy (non-hydrogen) atoms. The molecule has 0 spiro atoms. The maximum absolute atomic E-state index is 13.2. The number of benzene rings is 3. The molecule has 0 radical (unpaired) electrons. The molecule has 7 heteroatoms. The normalized spacial score (nSPS) is 16.8. The second-order valence-electron chi connectivity index (χ2n) is 9.17. The molecule has 0 saturated heterocycles. The number of hydrogen-bond acceptors (Lipinski definition) is 3. The highest BCUT2D eigenvalue weighted by atomic mass is 35.5. The Balaban J connectivity index is 1.46. The van der Waals surface area contributed by atoms with Crippen molar-refractivity contribution in [3.8, 4) is 5.75 Å². The van der Waals surface area contributed by atoms with E-state index in [1.807, 2.05) is 48.5 Å². The van der Waals surface area contributed by atoms with Gasteiger partial charge in [-0.3, -0.25) is 9.59 Å². The lowest BCUT2D eigenvalue weighted by atomic mass is 9.87. The van der Waals surface area contributed by atoms with Crippen molar-refractivity contribution in [1.29, 1.82) is 0 Å². The van der Waals surface area contributed by atoms with Crippen LogP contribution >= 0.6 is 23.2 Å². The van der Waals surface area contributed by atoms with Crippen molar-refractivity contribution in [2.24, 2.45) is 0 Å². The van der Waals surface area contributed by atoms with E-state index in [0.717, 1.165) is 41.7 Å². The van der Waals surface area contributed by atoms with Gasteiger partial charge in [0.1, 0.15) is 17.9 Å². The monoisotopic (exact) mass is 511 g/mol. The van der Waals surface area contributed by atoms with Gasteiger partial charge in [0.05, 0.1) is 0 Å². The highest BCUT2D eigenvalue weighted by Gasteiger charge is 2.32. The van der Waals surface area contributed by atoms with E-state index >= 15 is 0 Å². The fourth-order valence-corrected chi connectivity index (χ4v) is 4.65. The minimum atomic E-state index is -1.05. The Morgan fingerprint density at radius 2 is 1.60 bits per heavy atom. The molecule has 0 saturated carbocycles. The van der Waals surface area contributed by atoms with Gasteiger partial charge in [0, 0.05) is 28.6 Å². The third kappa shape index (κ3) is 6.56. The average molecular weight is 512 g/mol. The molecular formula is C28H27Cl2NO4. The number of ether oxygens (including phenoxy) is 1. The molecule has 0 bridgehead atoms. The van der Waals surface area contributed by atoms with Crippen molar-refractivity contribution in [3.05, 3.63) is 99.0 Å². The van der Waals surface area contributed by atoms with Gasteiger partial charge in [-0.05, 0) is 85.3 Å². The molecule has 5 nitrogen and oxygen atoms in total. The Morgan fingerprint density at radius 3 is 2.23 bits per heavy atom. The Kier molecular flexibility index (Phi) is 7.68. The van der Waals surface area contributed by atoms with Crippen LogP contribution in [0, 0.1) is 0 Å². The third-order valence-corrected chi connectivity index (χ3v) is 6.78. The van der Waals surface area contributed by atoms with Crippen LogP contribution in [-0.2, 0) is 24.1 Å². The number of nitrogens with zero attached hydrogens (tertiary/aromatic N) is 1. The van der Waals surface area contributed by atoms with Gasteiger partial charge in [-0.15, -0.1) is 0 Å². The summed E-state index contributed by atoms with van der Waals surface area (Å²) in [4.78, 5) is 26.0. The molecule has 0 aliphatic carbocycles. The molecule has 3 aromatic carbocycles. The van der Waals surface area contributed by atoms with Crippen LogP contribution in [0.3, 0.4) is 0 Å². The number of halogens is 2. The quantitative estimate of drug-likeness (QED) is 0.397. The first-order chi connectivity index (χ1) is 16.7. The number of aryl methyl sites for hydroxylation is 1. The molecule has 1 heterocycles. The highest BCUT2D eigenvalue weighted by molar-refractivity contribution is 6.30. The van der Waals surface area contributed by atoms with Gasteiger partial charge in [-0.1, -0.05) is 47.5 Å². The van der Waals surface area contributed by atoms with E-state index in [1.165, 1.54) is 4.90 Å². The lowest BCUT2D eigenvalue weighted by molar-refractivity contribution is -0.137. The Hall–Kier alpha value is -3.02. The first-order valence-corrected chi connectivity index (χ1v) is 12.3. The molecule has 1 N–H and O–H groups in total. The second kappa shape index (κ2) is 10.7. The van der Waals surface area contributed by atoms with Crippen LogP contribution in [-0.4, -0.2) is 40.6 Å². The van der Waals surface area contributed by atoms with Gasteiger partial charge >= 0.3 is 5.97 Å². The fraction of sp³-hybridized carbons (Fsp3) is 0.286. The van der Waals surface area contributed by atoms with Crippen molar-refractivity contribution in [1.82, 2.24) is 4.90 Å². The van der Waals surface area contributed by atoms with E-state index in [2.05, 4.69) is 6.92 Å². The maximum Gasteiger partial charge on any atom is 0.323 e. The van der Waals surface area contributed by atoms with Crippen LogP contribution in [0.5, 0.6) is 5.75 Å². The minimum Gasteiger partial charge on any atom is -0.487 e. The van der Waals surface area contributed by atoms with Crippen molar-refractivity contribution in [3.63, 3.8) is 0 Å². The number of hydrogen-bond donors (Lipinski definition) is 1. The lowest BCUT2D eigenvalue weighted by Crippen LogP contribution is -2.39. The standard InChI is InChI=1S/C28H27Cl2NO4/c1-28(17-20-4-9-24(30)10-5-20)14-12-21-16-22(6-11-25(21)35-28)27(34)31(18-26(32)33)15-13-19-2-7-23(29)8-3-19/h2-11,16H,12-15,17-18H2,1H3,(H,32,33)/t28-/m1/s1. The van der Waals surface area contributed by atoms with Crippen LogP contribution < -0.4 is 4.74 Å². The molecular weight excluding hydrogens is 485 g/mol. The summed E-state index contributed by atoms with van der Waals surface area (Å²) in [6.45, 7) is 2.02. The summed E-state index contributed by atoms with van der Waals surface area (Å²) in [6.07, 6.45) is 2.86. The van der Waals surface area contributed by atoms with Gasteiger partial charge in [0.2, 0.25) is 0 Å². The minimum absolute atomic E-state index is 0.291. The summed E-state index contributed by atoms with van der Waals surface area (Å²) >= 11 is 11.9. The van der Waals surface area contributed by atoms with E-state index in [1.54, 1.807) is 18.2 Å². The van der Waals surface area contributed by atoms with E-state index in [0.29, 0.717) is 28.6 Å². The summed E-state index contributed by atoms with van der Waals surface area (Å²) in [5, 5.41) is 10.7. The number of carboxylic acids is 1. The molecule has 1 aliphatic heterocycles. The summed E-state index contributed by atoms with van der Waals surface area (Å²) in [5.74, 6) is -0.595. The first-order valence-electron chi connectivity index (χ1n) is 11.5. The smallest absolute Gasteiger partial charge is 0.323 e. The van der Waals surface area contributed by atoms with E-state index < -0.39 is 5.97 Å². The van der Waals surface area contributed by atoms with E-state index in [9.17, 15) is 14.7 Å². The molecule has 3 aromatic rings. The number of amides is 1. The van der Waals surface area contributed by atoms with Crippen LogP contribution in [0.15, 0.2) is 66.7 Å². The van der Waals surface area contributed by atoms with Gasteiger partial charge in [0.15, 0.2) is 0 Å². The third-order valence-electron chi connectivity index (χ3n) is 6.28. The zero-order chi connectivity index (χ0) is 25.0. The van der Waals surface area contributed by atoms with Crippen LogP contribution in [0.1, 0.15) is 40.4 Å². The average Bonchev–Trinajstić information content (AvgIpc) is 2.83. The van der Waals surface area contributed by atoms with Gasteiger partial charge in [-0.2, -0.15) is 0 Å². The van der Waals surface area contributed by atoms with Gasteiger partial charge in [0.25, 0.3) is 5.91 Å². The Morgan fingerprint density at radius 1 is 0.971 bits per heavy atom. The molecule has 1 aliphatic rings.